The first-order valence-corrected chi connectivity index (χ1v) is 7.88. The minimum Gasteiger partial charge on any atom is -0.481 e. The van der Waals surface area contributed by atoms with Crippen LogP contribution in [0.5, 0.6) is 0 Å². The maximum absolute atomic E-state index is 12.3. The molecule has 0 aromatic carbocycles. The van der Waals surface area contributed by atoms with Gasteiger partial charge in [0.25, 0.3) is 0 Å². The molecule has 21 heavy (non-hydrogen) atoms. The fraction of sp³-hybridized carbons (Fsp3) is 0.867. The first kappa shape index (κ1) is 16.1. The van der Waals surface area contributed by atoms with E-state index in [4.69, 9.17) is 4.74 Å². The second-order valence-electron chi connectivity index (χ2n) is 6.45. The van der Waals surface area contributed by atoms with Gasteiger partial charge in [-0.05, 0) is 31.6 Å². The molecule has 120 valence electrons. The quantitative estimate of drug-likeness (QED) is 0.809. The number of ether oxygens (including phenoxy) is 1. The lowest BCUT2D eigenvalue weighted by atomic mass is 9.97. The van der Waals surface area contributed by atoms with Gasteiger partial charge in [0, 0.05) is 13.1 Å². The highest BCUT2D eigenvalue weighted by Gasteiger charge is 2.38. The van der Waals surface area contributed by atoms with E-state index in [1.807, 2.05) is 18.7 Å². The summed E-state index contributed by atoms with van der Waals surface area (Å²) in [4.78, 5) is 25.4. The highest BCUT2D eigenvalue weighted by atomic mass is 16.5. The number of hydrogen-bond donors (Lipinski definition) is 2. The molecular weight excluding hydrogens is 272 g/mol. The smallest absolute Gasteiger partial charge is 0.317 e. The summed E-state index contributed by atoms with van der Waals surface area (Å²) in [6, 6.07) is 0.0114. The minimum absolute atomic E-state index is 0.148. The van der Waals surface area contributed by atoms with Crippen LogP contribution in [-0.4, -0.2) is 53.8 Å². The van der Waals surface area contributed by atoms with Crippen molar-refractivity contribution in [2.75, 3.05) is 19.7 Å². The number of aliphatic carboxylic acids is 1. The summed E-state index contributed by atoms with van der Waals surface area (Å²) in [6.07, 6.45) is 3.82. The summed E-state index contributed by atoms with van der Waals surface area (Å²) < 4.78 is 5.68. The second-order valence-corrected chi connectivity index (χ2v) is 6.45. The van der Waals surface area contributed by atoms with Crippen LogP contribution >= 0.6 is 0 Å². The van der Waals surface area contributed by atoms with Gasteiger partial charge in [-0.3, -0.25) is 4.79 Å². The first-order chi connectivity index (χ1) is 9.99. The molecule has 0 aromatic heterocycles. The summed E-state index contributed by atoms with van der Waals surface area (Å²) >= 11 is 0. The van der Waals surface area contributed by atoms with Crippen molar-refractivity contribution in [3.05, 3.63) is 0 Å². The Morgan fingerprint density at radius 1 is 1.38 bits per heavy atom. The number of hydrogen-bond acceptors (Lipinski definition) is 3. The molecule has 2 amide bonds. The Bertz CT molecular complexity index is 386. The van der Waals surface area contributed by atoms with Crippen molar-refractivity contribution in [1.29, 1.82) is 0 Å². The van der Waals surface area contributed by atoms with Crippen molar-refractivity contribution < 1.29 is 19.4 Å². The Labute approximate surface area is 125 Å². The molecular formula is C15H26N2O4. The van der Waals surface area contributed by atoms with Crippen molar-refractivity contribution in [3.63, 3.8) is 0 Å². The fourth-order valence-electron chi connectivity index (χ4n) is 3.33. The van der Waals surface area contributed by atoms with Gasteiger partial charge in [0.1, 0.15) is 0 Å². The van der Waals surface area contributed by atoms with Gasteiger partial charge in [-0.15, -0.1) is 0 Å². The summed E-state index contributed by atoms with van der Waals surface area (Å²) in [5.41, 5.74) is 0. The molecule has 0 aromatic rings. The van der Waals surface area contributed by atoms with Crippen LogP contribution in [0.3, 0.4) is 0 Å². The van der Waals surface area contributed by atoms with Gasteiger partial charge in [-0.1, -0.05) is 13.8 Å². The third-order valence-corrected chi connectivity index (χ3v) is 4.35. The van der Waals surface area contributed by atoms with Crippen molar-refractivity contribution in [3.8, 4) is 0 Å². The van der Waals surface area contributed by atoms with Crippen molar-refractivity contribution in [2.45, 2.75) is 51.7 Å². The number of carbonyl (C=O) groups excluding carboxylic acids is 1. The topological polar surface area (TPSA) is 78.9 Å². The van der Waals surface area contributed by atoms with Gasteiger partial charge in [0.15, 0.2) is 0 Å². The van der Waals surface area contributed by atoms with E-state index in [0.717, 1.165) is 19.3 Å². The average Bonchev–Trinajstić information content (AvgIpc) is 2.90. The van der Waals surface area contributed by atoms with E-state index >= 15 is 0 Å². The molecule has 6 heteroatoms. The van der Waals surface area contributed by atoms with Crippen LogP contribution < -0.4 is 5.32 Å². The minimum atomic E-state index is -0.843. The molecule has 2 rings (SSSR count). The van der Waals surface area contributed by atoms with E-state index in [-0.39, 0.29) is 24.7 Å². The van der Waals surface area contributed by atoms with Gasteiger partial charge in [-0.2, -0.15) is 0 Å². The Balaban J connectivity index is 1.86. The highest BCUT2D eigenvalue weighted by Crippen LogP contribution is 2.29. The zero-order valence-electron chi connectivity index (χ0n) is 12.9. The molecule has 1 saturated heterocycles. The van der Waals surface area contributed by atoms with Gasteiger partial charge < -0.3 is 20.1 Å². The zero-order valence-corrected chi connectivity index (χ0v) is 12.9. The zero-order chi connectivity index (χ0) is 15.4. The maximum Gasteiger partial charge on any atom is 0.317 e. The molecule has 0 bridgehead atoms. The Hall–Kier alpha value is -1.30. The van der Waals surface area contributed by atoms with Crippen LogP contribution in [0.1, 0.15) is 39.5 Å². The van der Waals surface area contributed by atoms with E-state index < -0.39 is 11.9 Å². The molecule has 1 saturated carbocycles. The number of morpholine rings is 1. The Morgan fingerprint density at radius 3 is 2.81 bits per heavy atom. The van der Waals surface area contributed by atoms with Crippen molar-refractivity contribution >= 4 is 12.0 Å². The highest BCUT2D eigenvalue weighted by molar-refractivity contribution is 5.76. The van der Waals surface area contributed by atoms with Crippen LogP contribution in [0.25, 0.3) is 0 Å². The van der Waals surface area contributed by atoms with E-state index in [2.05, 4.69) is 5.32 Å². The molecule has 0 spiro atoms. The normalized spacial score (nSPS) is 26.5. The summed E-state index contributed by atoms with van der Waals surface area (Å²) in [5.74, 6) is -1.07. The monoisotopic (exact) mass is 298 g/mol. The maximum atomic E-state index is 12.3. The van der Waals surface area contributed by atoms with Crippen LogP contribution in [0, 0.1) is 11.8 Å². The van der Waals surface area contributed by atoms with Gasteiger partial charge in [0.05, 0.1) is 24.7 Å². The lowest BCUT2D eigenvalue weighted by molar-refractivity contribution is -0.142. The molecule has 2 N–H and O–H groups in total. The average molecular weight is 298 g/mol. The number of carboxylic acids is 1. The Morgan fingerprint density at radius 2 is 2.14 bits per heavy atom. The Kier molecular flexibility index (Phi) is 5.45. The SMILES string of the molecule is CC(C)CC(CNC(=O)N1CCOC2CCCC21)C(=O)O. The number of nitrogens with zero attached hydrogens (tertiary/aromatic N) is 1. The number of nitrogens with one attached hydrogen (secondary N) is 1. The third-order valence-electron chi connectivity index (χ3n) is 4.35. The van der Waals surface area contributed by atoms with E-state index in [9.17, 15) is 14.7 Å². The molecule has 6 nitrogen and oxygen atoms in total. The fourth-order valence-corrected chi connectivity index (χ4v) is 3.33. The summed E-state index contributed by atoms with van der Waals surface area (Å²) in [7, 11) is 0. The largest absolute Gasteiger partial charge is 0.481 e. The molecule has 3 atom stereocenters. The van der Waals surface area contributed by atoms with Gasteiger partial charge in [0.2, 0.25) is 0 Å². The van der Waals surface area contributed by atoms with Crippen LogP contribution in [0.15, 0.2) is 0 Å². The molecule has 3 unspecified atom stereocenters. The molecule has 1 heterocycles. The predicted molar refractivity (Wildman–Crippen MR) is 78.1 cm³/mol. The summed E-state index contributed by atoms with van der Waals surface area (Å²) in [6.45, 7) is 5.34. The molecule has 1 aliphatic carbocycles. The molecule has 2 fully saturated rings. The number of carboxylic acid groups (broad SMARTS) is 1. The molecule has 1 aliphatic heterocycles. The van der Waals surface area contributed by atoms with Crippen LogP contribution in [-0.2, 0) is 9.53 Å². The van der Waals surface area contributed by atoms with Crippen molar-refractivity contribution in [2.24, 2.45) is 11.8 Å². The molecule has 2 aliphatic rings. The predicted octanol–water partition coefficient (Wildman–Crippen LogP) is 1.70. The van der Waals surface area contributed by atoms with E-state index in [1.54, 1.807) is 0 Å². The number of fused-ring (bicyclic) bond motifs is 1. The number of urea groups is 1. The van der Waals surface area contributed by atoms with E-state index in [1.165, 1.54) is 0 Å². The van der Waals surface area contributed by atoms with Crippen molar-refractivity contribution in [1.82, 2.24) is 10.2 Å². The number of rotatable bonds is 5. The first-order valence-electron chi connectivity index (χ1n) is 7.88. The number of amides is 2. The van der Waals surface area contributed by atoms with Gasteiger partial charge in [-0.25, -0.2) is 4.79 Å². The third kappa shape index (κ3) is 4.09. The second kappa shape index (κ2) is 7.11. The van der Waals surface area contributed by atoms with Crippen LogP contribution in [0.2, 0.25) is 0 Å². The lowest BCUT2D eigenvalue weighted by Crippen LogP contribution is -2.55. The molecule has 0 radical (unpaired) electrons. The summed E-state index contributed by atoms with van der Waals surface area (Å²) in [5, 5.41) is 12.0. The van der Waals surface area contributed by atoms with Crippen LogP contribution in [0.4, 0.5) is 4.79 Å². The van der Waals surface area contributed by atoms with Gasteiger partial charge >= 0.3 is 12.0 Å². The number of carbonyl (C=O) groups is 2. The lowest BCUT2D eigenvalue weighted by Gasteiger charge is -2.37. The van der Waals surface area contributed by atoms with E-state index in [0.29, 0.717) is 25.5 Å². The standard InChI is InChI=1S/C15H26N2O4/c1-10(2)8-11(14(18)19)9-16-15(20)17-6-7-21-13-5-3-4-12(13)17/h10-13H,3-9H2,1-2H3,(H,16,20)(H,18,19).